The van der Waals surface area contributed by atoms with Crippen LogP contribution in [0.2, 0.25) is 0 Å². The maximum atomic E-state index is 5.74. The number of nitrogens with one attached hydrogen (secondary N) is 1. The molecule has 1 fully saturated rings. The van der Waals surface area contributed by atoms with Gasteiger partial charge in [0.2, 0.25) is 0 Å². The second kappa shape index (κ2) is 8.93. The molecule has 1 aliphatic heterocycles. The van der Waals surface area contributed by atoms with Gasteiger partial charge in [-0.05, 0) is 57.5 Å². The van der Waals surface area contributed by atoms with Crippen molar-refractivity contribution in [3.8, 4) is 5.75 Å². The zero-order chi connectivity index (χ0) is 14.0. The minimum atomic E-state index is 0.783. The molecule has 0 aliphatic carbocycles. The quantitative estimate of drug-likeness (QED) is 0.704. The van der Waals surface area contributed by atoms with Crippen LogP contribution in [0.25, 0.3) is 0 Å². The highest BCUT2D eigenvalue weighted by molar-refractivity contribution is 5.19. The van der Waals surface area contributed by atoms with E-state index in [9.17, 15) is 0 Å². The summed E-state index contributed by atoms with van der Waals surface area (Å²) in [5.41, 5.74) is 1.07. The van der Waals surface area contributed by atoms with Crippen molar-refractivity contribution in [1.82, 2.24) is 15.2 Å². The first-order valence-electron chi connectivity index (χ1n) is 7.89. The first kappa shape index (κ1) is 15.3. The fraction of sp³-hybridized carbons (Fsp3) is 0.688. The van der Waals surface area contributed by atoms with E-state index in [1.54, 1.807) is 0 Å². The number of aromatic nitrogens is 1. The van der Waals surface area contributed by atoms with Crippen molar-refractivity contribution >= 4 is 0 Å². The van der Waals surface area contributed by atoms with Crippen LogP contribution in [-0.2, 0) is 6.54 Å². The third-order valence-corrected chi connectivity index (χ3v) is 3.62. The van der Waals surface area contributed by atoms with Crippen LogP contribution in [0.5, 0.6) is 5.75 Å². The third-order valence-electron chi connectivity index (χ3n) is 3.62. The van der Waals surface area contributed by atoms with Crippen molar-refractivity contribution in [2.24, 2.45) is 0 Å². The summed E-state index contributed by atoms with van der Waals surface area (Å²) in [6.07, 6.45) is 6.80. The molecule has 0 radical (unpaired) electrons. The third kappa shape index (κ3) is 5.47. The van der Waals surface area contributed by atoms with Crippen molar-refractivity contribution in [1.29, 1.82) is 0 Å². The average Bonchev–Trinajstić information content (AvgIpc) is 2.99. The van der Waals surface area contributed by atoms with Gasteiger partial charge in [-0.15, -0.1) is 0 Å². The Morgan fingerprint density at radius 1 is 1.30 bits per heavy atom. The average molecular weight is 277 g/mol. The lowest BCUT2D eigenvalue weighted by Crippen LogP contribution is -2.21. The standard InChI is InChI=1S/C16H27N3O/c1-2-8-17-13-15-6-7-16(14-18-15)20-12-5-11-19-9-3-4-10-19/h6-7,14,17H,2-5,8-13H2,1H3. The second-order valence-electron chi connectivity index (χ2n) is 5.41. The van der Waals surface area contributed by atoms with E-state index in [0.29, 0.717) is 0 Å². The van der Waals surface area contributed by atoms with Gasteiger partial charge in [0.05, 0.1) is 18.5 Å². The van der Waals surface area contributed by atoms with Crippen molar-refractivity contribution < 1.29 is 4.74 Å². The van der Waals surface area contributed by atoms with E-state index in [4.69, 9.17) is 4.74 Å². The lowest BCUT2D eigenvalue weighted by atomic mass is 10.3. The molecule has 112 valence electrons. The summed E-state index contributed by atoms with van der Waals surface area (Å²) >= 11 is 0. The molecular formula is C16H27N3O. The van der Waals surface area contributed by atoms with Crippen molar-refractivity contribution in [2.45, 2.75) is 39.2 Å². The molecule has 0 aromatic carbocycles. The first-order chi connectivity index (χ1) is 9.88. The molecule has 4 nitrogen and oxygen atoms in total. The summed E-state index contributed by atoms with van der Waals surface area (Å²) in [6.45, 7) is 8.51. The Morgan fingerprint density at radius 3 is 2.85 bits per heavy atom. The van der Waals surface area contributed by atoms with Gasteiger partial charge in [-0.25, -0.2) is 0 Å². The summed E-state index contributed by atoms with van der Waals surface area (Å²) < 4.78 is 5.74. The maximum absolute atomic E-state index is 5.74. The smallest absolute Gasteiger partial charge is 0.137 e. The summed E-state index contributed by atoms with van der Waals surface area (Å²) in [4.78, 5) is 6.93. The van der Waals surface area contributed by atoms with Crippen molar-refractivity contribution in [2.75, 3.05) is 32.8 Å². The van der Waals surface area contributed by atoms with Crippen LogP contribution < -0.4 is 10.1 Å². The Labute approximate surface area is 122 Å². The number of rotatable bonds is 9. The molecule has 0 amide bonds. The van der Waals surface area contributed by atoms with Crippen LogP contribution in [0.1, 0.15) is 38.3 Å². The van der Waals surface area contributed by atoms with Crippen LogP contribution in [-0.4, -0.2) is 42.7 Å². The molecule has 1 aromatic heterocycles. The van der Waals surface area contributed by atoms with Gasteiger partial charge in [-0.1, -0.05) is 6.92 Å². The Hall–Kier alpha value is -1.13. The number of nitrogens with zero attached hydrogens (tertiary/aromatic N) is 2. The van der Waals surface area contributed by atoms with E-state index >= 15 is 0 Å². The lowest BCUT2D eigenvalue weighted by Gasteiger charge is -2.14. The normalized spacial score (nSPS) is 15.7. The van der Waals surface area contributed by atoms with Gasteiger partial charge in [0.1, 0.15) is 5.75 Å². The van der Waals surface area contributed by atoms with Gasteiger partial charge >= 0.3 is 0 Å². The molecule has 4 heteroatoms. The van der Waals surface area contributed by atoms with Gasteiger partial charge in [0.25, 0.3) is 0 Å². The fourth-order valence-corrected chi connectivity index (χ4v) is 2.48. The van der Waals surface area contributed by atoms with E-state index in [1.807, 2.05) is 18.3 Å². The highest BCUT2D eigenvalue weighted by Gasteiger charge is 2.10. The maximum Gasteiger partial charge on any atom is 0.137 e. The molecule has 2 rings (SSSR count). The molecular weight excluding hydrogens is 250 g/mol. The van der Waals surface area contributed by atoms with E-state index in [0.717, 1.165) is 50.5 Å². The number of hydrogen-bond donors (Lipinski definition) is 1. The van der Waals surface area contributed by atoms with Crippen LogP contribution in [0.4, 0.5) is 0 Å². The molecule has 0 spiro atoms. The molecule has 20 heavy (non-hydrogen) atoms. The molecule has 0 unspecified atom stereocenters. The predicted molar refractivity (Wildman–Crippen MR) is 82.0 cm³/mol. The zero-order valence-corrected chi connectivity index (χ0v) is 12.6. The Bertz CT molecular complexity index is 360. The monoisotopic (exact) mass is 277 g/mol. The zero-order valence-electron chi connectivity index (χ0n) is 12.6. The molecule has 1 N–H and O–H groups in total. The van der Waals surface area contributed by atoms with Gasteiger partial charge in [-0.3, -0.25) is 4.98 Å². The van der Waals surface area contributed by atoms with Crippen LogP contribution >= 0.6 is 0 Å². The van der Waals surface area contributed by atoms with Gasteiger partial charge < -0.3 is 15.0 Å². The summed E-state index contributed by atoms with van der Waals surface area (Å²) in [5, 5.41) is 3.35. The second-order valence-corrected chi connectivity index (χ2v) is 5.41. The lowest BCUT2D eigenvalue weighted by molar-refractivity contribution is 0.262. The number of likely N-dealkylation sites (tertiary alicyclic amines) is 1. The van der Waals surface area contributed by atoms with Gasteiger partial charge in [-0.2, -0.15) is 0 Å². The number of pyridine rings is 1. The van der Waals surface area contributed by atoms with Crippen LogP contribution in [0.3, 0.4) is 0 Å². The van der Waals surface area contributed by atoms with E-state index in [2.05, 4.69) is 22.1 Å². The van der Waals surface area contributed by atoms with Gasteiger partial charge in [0, 0.05) is 13.1 Å². The molecule has 0 saturated carbocycles. The van der Waals surface area contributed by atoms with E-state index in [1.165, 1.54) is 25.9 Å². The van der Waals surface area contributed by atoms with E-state index < -0.39 is 0 Å². The predicted octanol–water partition coefficient (Wildman–Crippen LogP) is 2.45. The topological polar surface area (TPSA) is 37.4 Å². The molecule has 0 atom stereocenters. The molecule has 0 bridgehead atoms. The van der Waals surface area contributed by atoms with Crippen molar-refractivity contribution in [3.05, 3.63) is 24.0 Å². The molecule has 1 aromatic rings. The highest BCUT2D eigenvalue weighted by Crippen LogP contribution is 2.11. The Kier molecular flexibility index (Phi) is 6.81. The Morgan fingerprint density at radius 2 is 2.15 bits per heavy atom. The minimum absolute atomic E-state index is 0.783. The molecule has 1 aliphatic rings. The number of hydrogen-bond acceptors (Lipinski definition) is 4. The van der Waals surface area contributed by atoms with Crippen molar-refractivity contribution in [3.63, 3.8) is 0 Å². The van der Waals surface area contributed by atoms with Gasteiger partial charge in [0.15, 0.2) is 0 Å². The molecule has 1 saturated heterocycles. The largest absolute Gasteiger partial charge is 0.492 e. The Balaban J connectivity index is 1.60. The summed E-state index contributed by atoms with van der Waals surface area (Å²) in [6, 6.07) is 4.06. The molecule has 2 heterocycles. The number of ether oxygens (including phenoxy) is 1. The van der Waals surface area contributed by atoms with Crippen LogP contribution in [0.15, 0.2) is 18.3 Å². The highest BCUT2D eigenvalue weighted by atomic mass is 16.5. The fourth-order valence-electron chi connectivity index (χ4n) is 2.48. The minimum Gasteiger partial charge on any atom is -0.492 e. The summed E-state index contributed by atoms with van der Waals surface area (Å²) in [7, 11) is 0. The van der Waals surface area contributed by atoms with Crippen LogP contribution in [0, 0.1) is 0 Å². The SMILES string of the molecule is CCCNCc1ccc(OCCCN2CCCC2)cn1. The first-order valence-corrected chi connectivity index (χ1v) is 7.89. The summed E-state index contributed by atoms with van der Waals surface area (Å²) in [5.74, 6) is 0.880. The van der Waals surface area contributed by atoms with E-state index in [-0.39, 0.29) is 0 Å².